The molecule has 0 atom stereocenters. The molecule has 0 spiro atoms. The molecule has 0 unspecified atom stereocenters. The van der Waals surface area contributed by atoms with Gasteiger partial charge in [-0.2, -0.15) is 0 Å². The number of pyridine rings is 1. The van der Waals surface area contributed by atoms with Gasteiger partial charge in [0.1, 0.15) is 0 Å². The van der Waals surface area contributed by atoms with E-state index in [9.17, 15) is 0 Å². The Kier molecular flexibility index (Phi) is 5.12. The van der Waals surface area contributed by atoms with Gasteiger partial charge in [-0.1, -0.05) is 24.3 Å². The number of nitrogens with one attached hydrogen (secondary N) is 1. The molecule has 3 heteroatoms. The van der Waals surface area contributed by atoms with E-state index < -0.39 is 0 Å². The third kappa shape index (κ3) is 3.52. The number of hydrogen-bond donors (Lipinski definition) is 1. The molecule has 1 aromatic carbocycles. The maximum Gasteiger partial charge on any atom is 0.0462 e. The average molecular weight is 244 g/mol. The Morgan fingerprint density at radius 2 is 2.06 bits per heavy atom. The standard InChI is InChI=1S/C15H20N2O/c1-18-9-5-4-8-16-11-14-12-17-10-13-6-2-3-7-15(13)14/h2-3,6-7,10,12,16H,4-5,8-9,11H2,1H3. The lowest BCUT2D eigenvalue weighted by molar-refractivity contribution is 0.192. The van der Waals surface area contributed by atoms with Crippen molar-refractivity contribution in [3.8, 4) is 0 Å². The summed E-state index contributed by atoms with van der Waals surface area (Å²) in [6.07, 6.45) is 6.12. The van der Waals surface area contributed by atoms with Crippen LogP contribution in [0.25, 0.3) is 10.8 Å². The minimum atomic E-state index is 0.845. The highest BCUT2D eigenvalue weighted by atomic mass is 16.5. The zero-order chi connectivity index (χ0) is 12.6. The number of unbranched alkanes of at least 4 members (excludes halogenated alkanes) is 1. The van der Waals surface area contributed by atoms with E-state index in [4.69, 9.17) is 4.74 Å². The molecule has 2 rings (SSSR count). The van der Waals surface area contributed by atoms with Gasteiger partial charge in [-0.25, -0.2) is 0 Å². The molecule has 0 radical (unpaired) electrons. The third-order valence-electron chi connectivity index (χ3n) is 3.02. The van der Waals surface area contributed by atoms with Crippen molar-refractivity contribution in [1.29, 1.82) is 0 Å². The first-order valence-corrected chi connectivity index (χ1v) is 6.43. The second-order valence-electron chi connectivity index (χ2n) is 4.40. The summed E-state index contributed by atoms with van der Waals surface area (Å²) in [7, 11) is 1.75. The van der Waals surface area contributed by atoms with Crippen LogP contribution in [0.2, 0.25) is 0 Å². The van der Waals surface area contributed by atoms with E-state index in [1.165, 1.54) is 16.3 Å². The molecule has 0 bridgehead atoms. The zero-order valence-electron chi connectivity index (χ0n) is 10.9. The van der Waals surface area contributed by atoms with Crippen LogP contribution in [0.3, 0.4) is 0 Å². The molecule has 1 aromatic heterocycles. The van der Waals surface area contributed by atoms with E-state index in [1.807, 2.05) is 18.5 Å². The highest BCUT2D eigenvalue weighted by Gasteiger charge is 2.00. The second-order valence-corrected chi connectivity index (χ2v) is 4.40. The zero-order valence-corrected chi connectivity index (χ0v) is 10.9. The molecule has 0 saturated carbocycles. The molecular weight excluding hydrogens is 224 g/mol. The van der Waals surface area contributed by atoms with Crippen molar-refractivity contribution in [2.24, 2.45) is 0 Å². The minimum Gasteiger partial charge on any atom is -0.385 e. The van der Waals surface area contributed by atoms with E-state index in [0.29, 0.717) is 0 Å². The number of rotatable bonds is 7. The first-order chi connectivity index (χ1) is 8.92. The molecule has 0 aliphatic carbocycles. The number of benzene rings is 1. The summed E-state index contributed by atoms with van der Waals surface area (Å²) >= 11 is 0. The fourth-order valence-electron chi connectivity index (χ4n) is 2.04. The van der Waals surface area contributed by atoms with Crippen molar-refractivity contribution in [2.45, 2.75) is 19.4 Å². The van der Waals surface area contributed by atoms with Gasteiger partial charge in [0.15, 0.2) is 0 Å². The van der Waals surface area contributed by atoms with Crippen molar-refractivity contribution in [2.75, 3.05) is 20.3 Å². The molecule has 0 saturated heterocycles. The molecule has 96 valence electrons. The van der Waals surface area contributed by atoms with E-state index in [1.54, 1.807) is 7.11 Å². The van der Waals surface area contributed by atoms with Gasteiger partial charge in [0, 0.05) is 38.0 Å². The normalized spacial score (nSPS) is 10.9. The number of ether oxygens (including phenoxy) is 1. The topological polar surface area (TPSA) is 34.1 Å². The quantitative estimate of drug-likeness (QED) is 0.760. The third-order valence-corrected chi connectivity index (χ3v) is 3.02. The van der Waals surface area contributed by atoms with Crippen molar-refractivity contribution in [1.82, 2.24) is 10.3 Å². The first-order valence-electron chi connectivity index (χ1n) is 6.43. The Balaban J connectivity index is 1.88. The van der Waals surface area contributed by atoms with Crippen LogP contribution in [0.1, 0.15) is 18.4 Å². The molecule has 0 aliphatic heterocycles. The molecule has 0 amide bonds. The van der Waals surface area contributed by atoms with Gasteiger partial charge in [0.05, 0.1) is 0 Å². The summed E-state index contributed by atoms with van der Waals surface area (Å²) in [4.78, 5) is 4.28. The molecule has 2 aromatic rings. The Bertz CT molecular complexity index is 479. The molecule has 0 fully saturated rings. The van der Waals surface area contributed by atoms with E-state index in [0.717, 1.165) is 32.5 Å². The number of methoxy groups -OCH3 is 1. The summed E-state index contributed by atoms with van der Waals surface area (Å²) in [6.45, 7) is 2.74. The van der Waals surface area contributed by atoms with Crippen LogP contribution in [0, 0.1) is 0 Å². The fourth-order valence-corrected chi connectivity index (χ4v) is 2.04. The Hall–Kier alpha value is -1.45. The molecule has 1 N–H and O–H groups in total. The van der Waals surface area contributed by atoms with Crippen molar-refractivity contribution in [3.63, 3.8) is 0 Å². The SMILES string of the molecule is COCCCCNCc1cncc2ccccc12. The number of hydrogen-bond acceptors (Lipinski definition) is 3. The summed E-state index contributed by atoms with van der Waals surface area (Å²) in [5, 5.41) is 5.95. The number of aromatic nitrogens is 1. The van der Waals surface area contributed by atoms with E-state index >= 15 is 0 Å². The van der Waals surface area contributed by atoms with Gasteiger partial charge >= 0.3 is 0 Å². The molecule has 0 aliphatic rings. The van der Waals surface area contributed by atoms with Gasteiger partial charge in [-0.15, -0.1) is 0 Å². The smallest absolute Gasteiger partial charge is 0.0462 e. The van der Waals surface area contributed by atoms with Crippen LogP contribution >= 0.6 is 0 Å². The lowest BCUT2D eigenvalue weighted by atomic mass is 10.1. The van der Waals surface area contributed by atoms with Gasteiger partial charge in [0.25, 0.3) is 0 Å². The maximum atomic E-state index is 5.03. The minimum absolute atomic E-state index is 0.845. The lowest BCUT2D eigenvalue weighted by Crippen LogP contribution is -2.15. The number of nitrogens with zero attached hydrogens (tertiary/aromatic N) is 1. The van der Waals surface area contributed by atoms with E-state index in [2.05, 4.69) is 28.5 Å². The van der Waals surface area contributed by atoms with Crippen LogP contribution in [-0.2, 0) is 11.3 Å². The summed E-state index contributed by atoms with van der Waals surface area (Å²) < 4.78 is 5.03. The Morgan fingerprint density at radius 3 is 2.94 bits per heavy atom. The van der Waals surface area contributed by atoms with Gasteiger partial charge in [0.2, 0.25) is 0 Å². The van der Waals surface area contributed by atoms with Crippen LogP contribution in [0.4, 0.5) is 0 Å². The van der Waals surface area contributed by atoms with Gasteiger partial charge in [-0.3, -0.25) is 4.98 Å². The molecule has 3 nitrogen and oxygen atoms in total. The largest absolute Gasteiger partial charge is 0.385 e. The van der Waals surface area contributed by atoms with Crippen LogP contribution in [-0.4, -0.2) is 25.2 Å². The Labute approximate surface area is 108 Å². The van der Waals surface area contributed by atoms with Crippen molar-refractivity contribution >= 4 is 10.8 Å². The summed E-state index contributed by atoms with van der Waals surface area (Å²) in [5.74, 6) is 0. The van der Waals surface area contributed by atoms with Gasteiger partial charge < -0.3 is 10.1 Å². The van der Waals surface area contributed by atoms with Crippen molar-refractivity contribution in [3.05, 3.63) is 42.2 Å². The maximum absolute atomic E-state index is 5.03. The average Bonchev–Trinajstić information content (AvgIpc) is 2.43. The summed E-state index contributed by atoms with van der Waals surface area (Å²) in [5.41, 5.74) is 1.26. The number of fused-ring (bicyclic) bond motifs is 1. The van der Waals surface area contributed by atoms with Gasteiger partial charge in [-0.05, 0) is 30.3 Å². The van der Waals surface area contributed by atoms with Crippen LogP contribution in [0.5, 0.6) is 0 Å². The van der Waals surface area contributed by atoms with Crippen LogP contribution in [0.15, 0.2) is 36.7 Å². The highest BCUT2D eigenvalue weighted by molar-refractivity contribution is 5.84. The predicted octanol–water partition coefficient (Wildman–Crippen LogP) is 2.75. The monoisotopic (exact) mass is 244 g/mol. The lowest BCUT2D eigenvalue weighted by Gasteiger charge is -2.07. The summed E-state index contributed by atoms with van der Waals surface area (Å²) in [6, 6.07) is 8.37. The fraction of sp³-hybridized carbons (Fsp3) is 0.400. The predicted molar refractivity (Wildman–Crippen MR) is 74.6 cm³/mol. The second kappa shape index (κ2) is 7.09. The molecule has 1 heterocycles. The molecule has 18 heavy (non-hydrogen) atoms. The van der Waals surface area contributed by atoms with Crippen molar-refractivity contribution < 1.29 is 4.74 Å². The van der Waals surface area contributed by atoms with E-state index in [-0.39, 0.29) is 0 Å². The highest BCUT2D eigenvalue weighted by Crippen LogP contribution is 2.16. The Morgan fingerprint density at radius 1 is 1.17 bits per heavy atom. The first kappa shape index (κ1) is 13.0. The molecular formula is C15H20N2O. The van der Waals surface area contributed by atoms with Crippen LogP contribution < -0.4 is 5.32 Å².